The van der Waals surface area contributed by atoms with E-state index in [9.17, 15) is 4.79 Å². The van der Waals surface area contributed by atoms with Crippen LogP contribution in [0.1, 0.15) is 16.7 Å². The normalized spacial score (nSPS) is 11.1. The number of carbonyl (C=O) groups excluding carboxylic acids is 1. The number of amides is 1. The average Bonchev–Trinajstić information content (AvgIpc) is 2.97. The second-order valence-electron chi connectivity index (χ2n) is 4.61. The van der Waals surface area contributed by atoms with Gasteiger partial charge in [0.25, 0.3) is 5.91 Å². The van der Waals surface area contributed by atoms with E-state index in [1.807, 2.05) is 26.0 Å². The van der Waals surface area contributed by atoms with Gasteiger partial charge >= 0.3 is 0 Å². The first-order chi connectivity index (χ1) is 10.6. The van der Waals surface area contributed by atoms with Gasteiger partial charge in [-0.25, -0.2) is 5.43 Å². The Kier molecular flexibility index (Phi) is 5.55. The van der Waals surface area contributed by atoms with Gasteiger partial charge in [-0.2, -0.15) is 5.10 Å². The molecule has 0 saturated carbocycles. The molecule has 1 aromatic carbocycles. The van der Waals surface area contributed by atoms with Gasteiger partial charge in [-0.3, -0.25) is 4.79 Å². The van der Waals surface area contributed by atoms with Crippen molar-refractivity contribution in [2.75, 3.05) is 13.7 Å². The number of ether oxygens (including phenoxy) is 2. The fourth-order valence-corrected chi connectivity index (χ4v) is 2.50. The quantitative estimate of drug-likeness (QED) is 0.658. The number of benzene rings is 1. The molecule has 0 radical (unpaired) electrons. The van der Waals surface area contributed by atoms with Crippen molar-refractivity contribution in [3.63, 3.8) is 0 Å². The molecule has 0 unspecified atom stereocenters. The summed E-state index contributed by atoms with van der Waals surface area (Å²) in [6.07, 6.45) is 0. The van der Waals surface area contributed by atoms with Crippen LogP contribution in [0.15, 0.2) is 41.5 Å². The summed E-state index contributed by atoms with van der Waals surface area (Å²) in [5, 5.41) is 4.07. The van der Waals surface area contributed by atoms with Crippen LogP contribution in [0.4, 0.5) is 0 Å². The van der Waals surface area contributed by atoms with E-state index < -0.39 is 0 Å². The van der Waals surface area contributed by atoms with Gasteiger partial charge < -0.3 is 9.47 Å². The molecule has 1 aromatic heterocycles. The first-order valence-corrected chi connectivity index (χ1v) is 7.57. The van der Waals surface area contributed by atoms with Crippen molar-refractivity contribution >= 4 is 23.0 Å². The Bertz CT molecular complexity index is 662. The van der Waals surface area contributed by atoms with Crippen LogP contribution in [0.3, 0.4) is 0 Å². The van der Waals surface area contributed by atoms with Gasteiger partial charge in [0.15, 0.2) is 6.61 Å². The Morgan fingerprint density at radius 1 is 1.18 bits per heavy atom. The molecule has 116 valence electrons. The minimum absolute atomic E-state index is 0.0907. The molecular formula is C16H18N2O3S. The zero-order chi connectivity index (χ0) is 15.9. The van der Waals surface area contributed by atoms with Crippen molar-refractivity contribution in [3.05, 3.63) is 46.2 Å². The van der Waals surface area contributed by atoms with E-state index in [2.05, 4.69) is 10.5 Å². The fourth-order valence-electron chi connectivity index (χ4n) is 1.68. The highest BCUT2D eigenvalue weighted by atomic mass is 32.1. The summed E-state index contributed by atoms with van der Waals surface area (Å²) >= 11 is 1.64. The average molecular weight is 318 g/mol. The molecule has 0 aliphatic heterocycles. The Balaban J connectivity index is 1.82. The van der Waals surface area contributed by atoms with Gasteiger partial charge in [-0.1, -0.05) is 0 Å². The monoisotopic (exact) mass is 318 g/mol. The van der Waals surface area contributed by atoms with Crippen molar-refractivity contribution < 1.29 is 14.3 Å². The van der Waals surface area contributed by atoms with Gasteiger partial charge in [0.1, 0.15) is 11.5 Å². The molecule has 0 saturated heterocycles. The van der Waals surface area contributed by atoms with E-state index in [1.165, 1.54) is 4.88 Å². The first kappa shape index (κ1) is 16.0. The Hall–Kier alpha value is -2.34. The molecule has 5 nitrogen and oxygen atoms in total. The highest BCUT2D eigenvalue weighted by molar-refractivity contribution is 7.14. The molecule has 0 bridgehead atoms. The highest BCUT2D eigenvalue weighted by Crippen LogP contribution is 2.17. The molecule has 2 rings (SSSR count). The predicted molar refractivity (Wildman–Crippen MR) is 87.9 cm³/mol. The number of methoxy groups -OCH3 is 1. The number of hydrazone groups is 1. The minimum atomic E-state index is -0.302. The van der Waals surface area contributed by atoms with Gasteiger partial charge in [0.05, 0.1) is 17.7 Å². The number of rotatable bonds is 6. The molecule has 22 heavy (non-hydrogen) atoms. The number of aryl methyl sites for hydroxylation is 1. The number of nitrogens with zero attached hydrogens (tertiary/aromatic N) is 1. The third kappa shape index (κ3) is 4.60. The SMILES string of the molecule is COc1ccc(OCC(=O)N/N=C(/C)c2ccc(C)s2)cc1. The maximum Gasteiger partial charge on any atom is 0.277 e. The van der Waals surface area contributed by atoms with Crippen molar-refractivity contribution in [2.45, 2.75) is 13.8 Å². The summed E-state index contributed by atoms with van der Waals surface area (Å²) in [4.78, 5) is 14.0. The molecular weight excluding hydrogens is 300 g/mol. The van der Waals surface area contributed by atoms with E-state index in [4.69, 9.17) is 9.47 Å². The van der Waals surface area contributed by atoms with E-state index in [1.54, 1.807) is 42.7 Å². The molecule has 1 amide bonds. The maximum absolute atomic E-state index is 11.7. The predicted octanol–water partition coefficient (Wildman–Crippen LogP) is 2.98. The summed E-state index contributed by atoms with van der Waals surface area (Å²) in [5.41, 5.74) is 3.26. The van der Waals surface area contributed by atoms with Gasteiger partial charge in [-0.15, -0.1) is 11.3 Å². The summed E-state index contributed by atoms with van der Waals surface area (Å²) in [6, 6.07) is 11.0. The van der Waals surface area contributed by atoms with Crippen LogP contribution in [0.2, 0.25) is 0 Å². The number of nitrogens with one attached hydrogen (secondary N) is 1. The largest absolute Gasteiger partial charge is 0.497 e. The standard InChI is InChI=1S/C16H18N2O3S/c1-11-4-9-15(22-11)12(2)17-18-16(19)10-21-14-7-5-13(20-3)6-8-14/h4-9H,10H2,1-3H3,(H,18,19)/b17-12-. The van der Waals surface area contributed by atoms with Gasteiger partial charge in [0.2, 0.25) is 0 Å². The number of hydrogen-bond acceptors (Lipinski definition) is 5. The molecule has 0 aliphatic carbocycles. The lowest BCUT2D eigenvalue weighted by molar-refractivity contribution is -0.123. The third-order valence-corrected chi connectivity index (χ3v) is 3.98. The van der Waals surface area contributed by atoms with E-state index in [0.717, 1.165) is 16.3 Å². The van der Waals surface area contributed by atoms with Crippen LogP contribution >= 0.6 is 11.3 Å². The highest BCUT2D eigenvalue weighted by Gasteiger charge is 2.04. The molecule has 6 heteroatoms. The van der Waals surface area contributed by atoms with E-state index in [-0.39, 0.29) is 12.5 Å². The molecule has 0 spiro atoms. The second-order valence-corrected chi connectivity index (χ2v) is 5.89. The molecule has 1 N–H and O–H groups in total. The smallest absolute Gasteiger partial charge is 0.277 e. The van der Waals surface area contributed by atoms with Crippen LogP contribution in [-0.2, 0) is 4.79 Å². The summed E-state index contributed by atoms with van der Waals surface area (Å²) < 4.78 is 10.4. The van der Waals surface area contributed by atoms with Crippen LogP contribution in [0.25, 0.3) is 0 Å². The number of carbonyl (C=O) groups is 1. The van der Waals surface area contributed by atoms with Gasteiger partial charge in [0, 0.05) is 4.88 Å². The molecule has 0 aliphatic rings. The second kappa shape index (κ2) is 7.61. The molecule has 0 fully saturated rings. The maximum atomic E-state index is 11.7. The third-order valence-electron chi connectivity index (χ3n) is 2.87. The Morgan fingerprint density at radius 3 is 2.45 bits per heavy atom. The number of hydrogen-bond donors (Lipinski definition) is 1. The van der Waals surface area contributed by atoms with Crippen molar-refractivity contribution in [1.82, 2.24) is 5.43 Å². The van der Waals surface area contributed by atoms with Crippen molar-refractivity contribution in [2.24, 2.45) is 5.10 Å². The lowest BCUT2D eigenvalue weighted by Crippen LogP contribution is -2.25. The van der Waals surface area contributed by atoms with Crippen molar-refractivity contribution in [1.29, 1.82) is 0 Å². The molecule has 1 heterocycles. The summed E-state index contributed by atoms with van der Waals surface area (Å²) in [6.45, 7) is 3.80. The van der Waals surface area contributed by atoms with Crippen LogP contribution < -0.4 is 14.9 Å². The lowest BCUT2D eigenvalue weighted by atomic mass is 10.3. The summed E-state index contributed by atoms with van der Waals surface area (Å²) in [5.74, 6) is 1.04. The Morgan fingerprint density at radius 2 is 1.86 bits per heavy atom. The molecule has 2 aromatic rings. The lowest BCUT2D eigenvalue weighted by Gasteiger charge is -2.06. The fraction of sp³-hybridized carbons (Fsp3) is 0.250. The van der Waals surface area contributed by atoms with Crippen LogP contribution in [0.5, 0.6) is 11.5 Å². The van der Waals surface area contributed by atoms with E-state index >= 15 is 0 Å². The van der Waals surface area contributed by atoms with Crippen LogP contribution in [-0.4, -0.2) is 25.3 Å². The minimum Gasteiger partial charge on any atom is -0.497 e. The zero-order valence-electron chi connectivity index (χ0n) is 12.8. The topological polar surface area (TPSA) is 59.9 Å². The van der Waals surface area contributed by atoms with E-state index in [0.29, 0.717) is 5.75 Å². The summed E-state index contributed by atoms with van der Waals surface area (Å²) in [7, 11) is 1.60. The number of thiophene rings is 1. The Labute approximate surface area is 133 Å². The zero-order valence-corrected chi connectivity index (χ0v) is 13.6. The first-order valence-electron chi connectivity index (χ1n) is 6.75. The molecule has 0 atom stereocenters. The van der Waals surface area contributed by atoms with Gasteiger partial charge in [-0.05, 0) is 50.2 Å². The van der Waals surface area contributed by atoms with Crippen molar-refractivity contribution in [3.8, 4) is 11.5 Å². The van der Waals surface area contributed by atoms with Crippen LogP contribution in [0, 0.1) is 6.92 Å².